The molecule has 1 aliphatic rings. The Morgan fingerprint density at radius 2 is 1.73 bits per heavy atom. The number of fused-ring (bicyclic) bond motifs is 7. The molecular formula is C21H16N5+. The van der Waals surface area contributed by atoms with Gasteiger partial charge in [-0.05, 0) is 30.3 Å². The largest absolute Gasteiger partial charge is 0.275 e. The van der Waals surface area contributed by atoms with Crippen LogP contribution in [0.25, 0.3) is 39.4 Å². The van der Waals surface area contributed by atoms with Crippen molar-refractivity contribution in [1.29, 1.82) is 0 Å². The maximum Gasteiger partial charge on any atom is 0.275 e. The average Bonchev–Trinajstić information content (AvgIpc) is 3.31. The van der Waals surface area contributed by atoms with Crippen LogP contribution < -0.4 is 4.57 Å². The van der Waals surface area contributed by atoms with E-state index in [1.807, 2.05) is 30.6 Å². The minimum atomic E-state index is 0.846. The first-order valence-electron chi connectivity index (χ1n) is 8.72. The molecule has 5 heteroatoms. The minimum absolute atomic E-state index is 0.846. The highest BCUT2D eigenvalue weighted by molar-refractivity contribution is 6.04. The van der Waals surface area contributed by atoms with Crippen LogP contribution in [0.5, 0.6) is 0 Å². The number of aryl methyl sites for hydroxylation is 1. The smallest absolute Gasteiger partial charge is 0.249 e. The molecule has 4 aromatic heterocycles. The fourth-order valence-electron chi connectivity index (χ4n) is 4.25. The zero-order valence-electron chi connectivity index (χ0n) is 14.3. The second-order valence-corrected chi connectivity index (χ2v) is 6.70. The standard InChI is InChI=1S/C21H16N5/c1-24-20-17-14(7-5-11-22-17)13-25(20)18-16-10-6-12-23-19(16)26(21(18)24)15-8-3-2-4-9-15/h2-12H,13H2,1H3/q+1. The lowest BCUT2D eigenvalue weighted by Gasteiger charge is -2.02. The molecule has 0 atom stereocenters. The second-order valence-electron chi connectivity index (χ2n) is 6.70. The Kier molecular flexibility index (Phi) is 2.54. The molecule has 1 aromatic carbocycles. The van der Waals surface area contributed by atoms with Crippen LogP contribution in [0.1, 0.15) is 5.56 Å². The summed E-state index contributed by atoms with van der Waals surface area (Å²) < 4.78 is 6.87. The van der Waals surface area contributed by atoms with Crippen molar-refractivity contribution in [3.05, 3.63) is 72.6 Å². The van der Waals surface area contributed by atoms with E-state index >= 15 is 0 Å². The van der Waals surface area contributed by atoms with Crippen LogP contribution in [0, 0.1) is 0 Å². The summed E-state index contributed by atoms with van der Waals surface area (Å²) in [7, 11) is 2.12. The van der Waals surface area contributed by atoms with Crippen molar-refractivity contribution in [2.75, 3.05) is 0 Å². The Hall–Kier alpha value is -3.47. The molecule has 1 aliphatic heterocycles. The number of rotatable bonds is 1. The van der Waals surface area contributed by atoms with Gasteiger partial charge in [-0.15, -0.1) is 0 Å². The van der Waals surface area contributed by atoms with Crippen molar-refractivity contribution in [3.63, 3.8) is 0 Å². The van der Waals surface area contributed by atoms with Gasteiger partial charge in [0.2, 0.25) is 5.65 Å². The minimum Gasteiger partial charge on any atom is -0.249 e. The third-order valence-electron chi connectivity index (χ3n) is 5.28. The molecule has 5 aromatic rings. The van der Waals surface area contributed by atoms with E-state index in [1.54, 1.807) is 0 Å². The predicted octanol–water partition coefficient (Wildman–Crippen LogP) is 3.23. The summed E-state index contributed by atoms with van der Waals surface area (Å²) >= 11 is 0. The van der Waals surface area contributed by atoms with E-state index in [0.29, 0.717) is 0 Å². The number of benzene rings is 1. The highest BCUT2D eigenvalue weighted by atomic mass is 15.3. The van der Waals surface area contributed by atoms with E-state index in [4.69, 9.17) is 4.98 Å². The van der Waals surface area contributed by atoms with Crippen LogP contribution in [-0.4, -0.2) is 19.1 Å². The molecule has 0 radical (unpaired) electrons. The van der Waals surface area contributed by atoms with Crippen molar-refractivity contribution in [2.24, 2.45) is 7.05 Å². The van der Waals surface area contributed by atoms with Crippen LogP contribution in [-0.2, 0) is 13.6 Å². The average molecular weight is 338 g/mol. The lowest BCUT2D eigenvalue weighted by atomic mass is 10.2. The topological polar surface area (TPSA) is 39.5 Å². The molecule has 0 spiro atoms. The number of nitrogens with zero attached hydrogens (tertiary/aromatic N) is 5. The van der Waals surface area contributed by atoms with Crippen LogP contribution >= 0.6 is 0 Å². The van der Waals surface area contributed by atoms with Crippen LogP contribution in [0.4, 0.5) is 0 Å². The van der Waals surface area contributed by atoms with Gasteiger partial charge in [0.25, 0.3) is 11.5 Å². The van der Waals surface area contributed by atoms with Gasteiger partial charge < -0.3 is 0 Å². The van der Waals surface area contributed by atoms with Crippen molar-refractivity contribution in [1.82, 2.24) is 19.1 Å². The number of pyridine rings is 2. The van der Waals surface area contributed by atoms with Gasteiger partial charge >= 0.3 is 0 Å². The van der Waals surface area contributed by atoms with E-state index in [2.05, 4.69) is 62.1 Å². The Morgan fingerprint density at radius 3 is 2.62 bits per heavy atom. The van der Waals surface area contributed by atoms with Crippen LogP contribution in [0.3, 0.4) is 0 Å². The highest BCUT2D eigenvalue weighted by Crippen LogP contribution is 2.37. The summed E-state index contributed by atoms with van der Waals surface area (Å²) in [4.78, 5) is 9.36. The fourth-order valence-corrected chi connectivity index (χ4v) is 4.25. The number of aromatic nitrogens is 5. The summed E-state index contributed by atoms with van der Waals surface area (Å²) in [6.07, 6.45) is 3.74. The van der Waals surface area contributed by atoms with Gasteiger partial charge in [0.05, 0.1) is 19.0 Å². The molecule has 5 nitrogen and oxygen atoms in total. The summed E-state index contributed by atoms with van der Waals surface area (Å²) in [6, 6.07) is 18.8. The number of para-hydroxylation sites is 1. The van der Waals surface area contributed by atoms with Crippen molar-refractivity contribution in [2.45, 2.75) is 6.54 Å². The second kappa shape index (κ2) is 4.79. The number of hydrogen-bond donors (Lipinski definition) is 0. The molecular weight excluding hydrogens is 322 g/mol. The van der Waals surface area contributed by atoms with E-state index < -0.39 is 0 Å². The van der Waals surface area contributed by atoms with E-state index in [-0.39, 0.29) is 0 Å². The van der Waals surface area contributed by atoms with Gasteiger partial charge in [-0.3, -0.25) is 0 Å². The van der Waals surface area contributed by atoms with Crippen molar-refractivity contribution in [3.8, 4) is 17.2 Å². The summed E-state index contributed by atoms with van der Waals surface area (Å²) in [5, 5.41) is 1.17. The highest BCUT2D eigenvalue weighted by Gasteiger charge is 2.36. The molecule has 6 rings (SSSR count). The Labute approximate surface area is 149 Å². The first-order chi connectivity index (χ1) is 12.8. The summed E-state index contributed by atoms with van der Waals surface area (Å²) in [5.74, 6) is 1.15. The quantitative estimate of drug-likeness (QED) is 0.432. The van der Waals surface area contributed by atoms with Crippen LogP contribution in [0.2, 0.25) is 0 Å². The molecule has 0 unspecified atom stereocenters. The molecule has 0 saturated heterocycles. The van der Waals surface area contributed by atoms with Gasteiger partial charge in [-0.2, -0.15) is 0 Å². The van der Waals surface area contributed by atoms with Gasteiger partial charge in [0.1, 0.15) is 11.4 Å². The van der Waals surface area contributed by atoms with Gasteiger partial charge in [-0.1, -0.05) is 24.3 Å². The molecule has 0 saturated carbocycles. The number of imidazole rings is 1. The summed E-state index contributed by atoms with van der Waals surface area (Å²) in [6.45, 7) is 0.846. The van der Waals surface area contributed by atoms with Crippen molar-refractivity contribution < 1.29 is 4.57 Å². The van der Waals surface area contributed by atoms with Gasteiger partial charge in [0.15, 0.2) is 5.52 Å². The third-order valence-corrected chi connectivity index (χ3v) is 5.28. The maximum absolute atomic E-state index is 4.70. The maximum atomic E-state index is 4.70. The first-order valence-corrected chi connectivity index (χ1v) is 8.72. The number of hydrogen-bond acceptors (Lipinski definition) is 2. The lowest BCUT2D eigenvalue weighted by Crippen LogP contribution is -2.31. The van der Waals surface area contributed by atoms with Gasteiger partial charge in [-0.25, -0.2) is 23.7 Å². The monoisotopic (exact) mass is 338 g/mol. The molecule has 5 heterocycles. The SMILES string of the molecule is C[n+]1c2n(c3c4cccnc4n(-c4ccccc4)c31)Cc1cccnc1-2. The van der Waals surface area contributed by atoms with Gasteiger partial charge in [0, 0.05) is 18.0 Å². The third kappa shape index (κ3) is 1.57. The lowest BCUT2D eigenvalue weighted by molar-refractivity contribution is -0.636. The molecule has 26 heavy (non-hydrogen) atoms. The zero-order chi connectivity index (χ0) is 17.3. The molecule has 0 bridgehead atoms. The van der Waals surface area contributed by atoms with Crippen molar-refractivity contribution >= 4 is 22.2 Å². The molecule has 124 valence electrons. The van der Waals surface area contributed by atoms with E-state index in [9.17, 15) is 0 Å². The Bertz CT molecular complexity index is 1310. The zero-order valence-corrected chi connectivity index (χ0v) is 14.3. The first kappa shape index (κ1) is 13.8. The molecule has 0 amide bonds. The van der Waals surface area contributed by atoms with E-state index in [1.165, 1.54) is 16.5 Å². The summed E-state index contributed by atoms with van der Waals surface area (Å²) in [5.41, 5.74) is 6.81. The fraction of sp³-hybridized carbons (Fsp3) is 0.0952. The normalized spacial score (nSPS) is 12.7. The Morgan fingerprint density at radius 1 is 0.923 bits per heavy atom. The van der Waals surface area contributed by atoms with Crippen LogP contribution in [0.15, 0.2) is 67.0 Å². The Balaban J connectivity index is 1.83. The molecule has 0 N–H and O–H groups in total. The molecule has 0 aliphatic carbocycles. The molecule has 0 fully saturated rings. The van der Waals surface area contributed by atoms with E-state index in [0.717, 1.165) is 35.0 Å². The predicted molar refractivity (Wildman–Crippen MR) is 100 cm³/mol.